The van der Waals surface area contributed by atoms with Gasteiger partial charge in [-0.15, -0.1) is 0 Å². The lowest BCUT2D eigenvalue weighted by Crippen LogP contribution is -2.28. The van der Waals surface area contributed by atoms with Crippen LogP contribution in [0.15, 0.2) is 18.2 Å². The minimum atomic E-state index is -0.307. The third-order valence-electron chi connectivity index (χ3n) is 3.40. The molecule has 2 nitrogen and oxygen atoms in total. The summed E-state index contributed by atoms with van der Waals surface area (Å²) in [5, 5.41) is 1.19. The van der Waals surface area contributed by atoms with E-state index >= 15 is 0 Å². The Bertz CT molecular complexity index is 433. The number of carbonyl (C=O) groups excluding carboxylic acids is 1. The van der Waals surface area contributed by atoms with E-state index in [1.165, 1.54) is 0 Å². The molecule has 1 aromatic carbocycles. The summed E-state index contributed by atoms with van der Waals surface area (Å²) in [6.07, 6.45) is 2.97. The summed E-state index contributed by atoms with van der Waals surface area (Å²) < 4.78 is 0. The minimum Gasteiger partial charge on any atom is -0.322 e. The van der Waals surface area contributed by atoms with Crippen molar-refractivity contribution in [2.24, 2.45) is 5.73 Å². The minimum absolute atomic E-state index is 0.158. The van der Waals surface area contributed by atoms with Gasteiger partial charge in [-0.1, -0.05) is 35.3 Å². The third-order valence-corrected chi connectivity index (χ3v) is 4.23. The van der Waals surface area contributed by atoms with E-state index in [2.05, 4.69) is 0 Å². The topological polar surface area (TPSA) is 43.1 Å². The highest BCUT2D eigenvalue weighted by molar-refractivity contribution is 6.42. The third kappa shape index (κ3) is 2.82. The van der Waals surface area contributed by atoms with Crippen molar-refractivity contribution in [3.05, 3.63) is 33.8 Å². The molecular weight excluding hydrogens is 257 g/mol. The number of benzene rings is 1. The van der Waals surface area contributed by atoms with Gasteiger partial charge in [-0.05, 0) is 36.8 Å². The van der Waals surface area contributed by atoms with E-state index in [1.807, 2.05) is 12.1 Å². The molecule has 0 radical (unpaired) electrons. The molecule has 0 aromatic heterocycles. The summed E-state index contributed by atoms with van der Waals surface area (Å²) in [5.74, 6) is 0.448. The van der Waals surface area contributed by atoms with Gasteiger partial charge in [0, 0.05) is 6.42 Å². The van der Waals surface area contributed by atoms with E-state index in [4.69, 9.17) is 28.9 Å². The Labute approximate surface area is 111 Å². The smallest absolute Gasteiger partial charge is 0.149 e. The van der Waals surface area contributed by atoms with Gasteiger partial charge in [-0.25, -0.2) is 0 Å². The lowest BCUT2D eigenvalue weighted by atomic mass is 9.92. The second-order valence-corrected chi connectivity index (χ2v) is 5.31. The first-order valence-corrected chi connectivity index (χ1v) is 6.57. The zero-order valence-electron chi connectivity index (χ0n) is 9.46. The summed E-state index contributed by atoms with van der Waals surface area (Å²) in [6, 6.07) is 5.36. The van der Waals surface area contributed by atoms with Gasteiger partial charge >= 0.3 is 0 Å². The average molecular weight is 272 g/mol. The van der Waals surface area contributed by atoms with Gasteiger partial charge in [0.1, 0.15) is 5.78 Å². The van der Waals surface area contributed by atoms with Crippen molar-refractivity contribution in [3.63, 3.8) is 0 Å². The van der Waals surface area contributed by atoms with Gasteiger partial charge in [0.05, 0.1) is 16.1 Å². The van der Waals surface area contributed by atoms with Gasteiger partial charge in [-0.3, -0.25) is 4.79 Å². The Morgan fingerprint density at radius 1 is 1.18 bits per heavy atom. The van der Waals surface area contributed by atoms with Crippen LogP contribution in [0.25, 0.3) is 0 Å². The second kappa shape index (κ2) is 5.38. The van der Waals surface area contributed by atoms with Gasteiger partial charge in [-0.2, -0.15) is 0 Å². The molecule has 1 aliphatic rings. The van der Waals surface area contributed by atoms with Crippen LogP contribution in [-0.2, 0) is 4.79 Å². The molecule has 92 valence electrons. The van der Waals surface area contributed by atoms with Gasteiger partial charge in [0.15, 0.2) is 0 Å². The molecule has 1 aromatic rings. The number of rotatable bonds is 1. The largest absolute Gasteiger partial charge is 0.322 e. The van der Waals surface area contributed by atoms with Crippen molar-refractivity contribution < 1.29 is 4.79 Å². The molecule has 1 fully saturated rings. The standard InChI is InChI=1S/C13H15Cl2NO/c14-10-3-1-2-9(13(10)15)8-4-6-11(16)12(17)7-5-8/h1-3,8,11H,4-7,16H2/t8?,11-/m1/s1. The molecule has 2 atom stereocenters. The van der Waals surface area contributed by atoms with Gasteiger partial charge in [0.25, 0.3) is 0 Å². The molecule has 1 saturated carbocycles. The first-order valence-electron chi connectivity index (χ1n) is 5.82. The van der Waals surface area contributed by atoms with Gasteiger partial charge < -0.3 is 5.73 Å². The molecule has 0 bridgehead atoms. The SMILES string of the molecule is N[C@@H]1CCC(c2cccc(Cl)c2Cl)CCC1=O. The Morgan fingerprint density at radius 2 is 1.94 bits per heavy atom. The van der Waals surface area contributed by atoms with E-state index in [0.29, 0.717) is 22.4 Å². The van der Waals surface area contributed by atoms with E-state index in [9.17, 15) is 4.79 Å². The maximum Gasteiger partial charge on any atom is 0.149 e. The molecule has 0 heterocycles. The first kappa shape index (κ1) is 12.9. The quantitative estimate of drug-likeness (QED) is 0.794. The highest BCUT2D eigenvalue weighted by atomic mass is 35.5. The number of carbonyl (C=O) groups is 1. The molecule has 0 amide bonds. The highest BCUT2D eigenvalue weighted by Gasteiger charge is 2.25. The number of hydrogen-bond acceptors (Lipinski definition) is 2. The Balaban J connectivity index is 2.22. The maximum absolute atomic E-state index is 11.6. The number of halogens is 2. The highest BCUT2D eigenvalue weighted by Crippen LogP contribution is 2.37. The Kier molecular flexibility index (Phi) is 4.08. The molecule has 0 aliphatic heterocycles. The fourth-order valence-electron chi connectivity index (χ4n) is 2.33. The maximum atomic E-state index is 11.6. The number of hydrogen-bond donors (Lipinski definition) is 1. The van der Waals surface area contributed by atoms with Crippen LogP contribution >= 0.6 is 23.2 Å². The number of Topliss-reactive ketones (excluding diaryl/α,β-unsaturated/α-hetero) is 1. The van der Waals surface area contributed by atoms with Crippen LogP contribution in [0.3, 0.4) is 0 Å². The van der Waals surface area contributed by atoms with Crippen molar-refractivity contribution in [3.8, 4) is 0 Å². The lowest BCUT2D eigenvalue weighted by Gasteiger charge is -2.16. The van der Waals surface area contributed by atoms with Crippen molar-refractivity contribution >= 4 is 29.0 Å². The van der Waals surface area contributed by atoms with Gasteiger partial charge in [0.2, 0.25) is 0 Å². The fourth-order valence-corrected chi connectivity index (χ4v) is 2.80. The average Bonchev–Trinajstić information content (AvgIpc) is 2.47. The molecule has 0 spiro atoms. The van der Waals surface area contributed by atoms with E-state index in [0.717, 1.165) is 24.8 Å². The van der Waals surface area contributed by atoms with Crippen LogP contribution in [0.2, 0.25) is 10.0 Å². The molecule has 0 saturated heterocycles. The summed E-state index contributed by atoms with van der Waals surface area (Å²) in [6.45, 7) is 0. The van der Waals surface area contributed by atoms with Crippen molar-refractivity contribution in [2.75, 3.05) is 0 Å². The number of ketones is 1. The normalized spacial score (nSPS) is 25.7. The Hall–Kier alpha value is -0.570. The Morgan fingerprint density at radius 3 is 2.71 bits per heavy atom. The van der Waals surface area contributed by atoms with Crippen LogP contribution < -0.4 is 5.73 Å². The zero-order chi connectivity index (χ0) is 12.4. The monoisotopic (exact) mass is 271 g/mol. The molecule has 2 N–H and O–H groups in total. The molecule has 4 heteroatoms. The predicted octanol–water partition coefficient (Wildman–Crippen LogP) is 3.55. The van der Waals surface area contributed by atoms with Crippen LogP contribution in [0, 0.1) is 0 Å². The zero-order valence-corrected chi connectivity index (χ0v) is 11.0. The van der Waals surface area contributed by atoms with Crippen LogP contribution in [-0.4, -0.2) is 11.8 Å². The first-order chi connectivity index (χ1) is 8.09. The summed E-state index contributed by atoms with van der Waals surface area (Å²) in [7, 11) is 0. The van der Waals surface area contributed by atoms with Crippen LogP contribution in [0.1, 0.15) is 37.2 Å². The van der Waals surface area contributed by atoms with Crippen molar-refractivity contribution in [2.45, 2.75) is 37.6 Å². The fraction of sp³-hybridized carbons (Fsp3) is 0.462. The van der Waals surface area contributed by atoms with Crippen molar-refractivity contribution in [1.82, 2.24) is 0 Å². The summed E-state index contributed by atoms with van der Waals surface area (Å²) >= 11 is 12.2. The summed E-state index contributed by atoms with van der Waals surface area (Å²) in [4.78, 5) is 11.6. The lowest BCUT2D eigenvalue weighted by molar-refractivity contribution is -0.120. The number of nitrogens with two attached hydrogens (primary N) is 1. The second-order valence-electron chi connectivity index (χ2n) is 4.53. The molecule has 17 heavy (non-hydrogen) atoms. The molecule has 1 aliphatic carbocycles. The van der Waals surface area contributed by atoms with Crippen molar-refractivity contribution in [1.29, 1.82) is 0 Å². The molecule has 1 unspecified atom stereocenters. The van der Waals surface area contributed by atoms with E-state index in [-0.39, 0.29) is 11.8 Å². The van der Waals surface area contributed by atoms with Crippen LogP contribution in [0.4, 0.5) is 0 Å². The summed E-state index contributed by atoms with van der Waals surface area (Å²) in [5.41, 5.74) is 6.82. The molecule has 2 rings (SSSR count). The molecular formula is C13H15Cl2NO. The van der Waals surface area contributed by atoms with E-state index in [1.54, 1.807) is 6.07 Å². The predicted molar refractivity (Wildman–Crippen MR) is 70.7 cm³/mol. The van der Waals surface area contributed by atoms with E-state index < -0.39 is 0 Å². The van der Waals surface area contributed by atoms with Crippen LogP contribution in [0.5, 0.6) is 0 Å².